The van der Waals surface area contributed by atoms with E-state index in [-0.39, 0.29) is 23.7 Å². The fourth-order valence-electron chi connectivity index (χ4n) is 2.98. The average Bonchev–Trinajstić information content (AvgIpc) is 3.11. The van der Waals surface area contributed by atoms with Crippen molar-refractivity contribution in [2.75, 3.05) is 6.54 Å². The van der Waals surface area contributed by atoms with Gasteiger partial charge < -0.3 is 9.74 Å². The summed E-state index contributed by atoms with van der Waals surface area (Å²) in [6.45, 7) is 4.63. The molecule has 0 aliphatic carbocycles. The molecule has 2 aromatic rings. The van der Waals surface area contributed by atoms with E-state index in [4.69, 9.17) is 4.84 Å². The Balaban J connectivity index is 1.67. The lowest BCUT2D eigenvalue weighted by Gasteiger charge is -2.26. The highest BCUT2D eigenvalue weighted by atomic mass is 19.1. The molecule has 0 N–H and O–H groups in total. The third-order valence-electron chi connectivity index (χ3n) is 4.36. The van der Waals surface area contributed by atoms with Gasteiger partial charge in [0.25, 0.3) is 0 Å². The Kier molecular flexibility index (Phi) is 5.66. The number of hydrogen-bond donors (Lipinski definition) is 0. The van der Waals surface area contributed by atoms with Crippen molar-refractivity contribution < 1.29 is 14.0 Å². The number of benzene rings is 2. The van der Waals surface area contributed by atoms with Crippen LogP contribution in [0.5, 0.6) is 0 Å². The van der Waals surface area contributed by atoms with Crippen LogP contribution in [0.1, 0.15) is 31.4 Å². The summed E-state index contributed by atoms with van der Waals surface area (Å²) in [6.07, 6.45) is 0.489. The Morgan fingerprint density at radius 3 is 2.54 bits per heavy atom. The van der Waals surface area contributed by atoms with Crippen LogP contribution in [0.25, 0.3) is 0 Å². The first-order valence-corrected chi connectivity index (χ1v) is 8.84. The van der Waals surface area contributed by atoms with E-state index < -0.39 is 0 Å². The number of oxime groups is 1. The molecular formula is C21H23FN2O2. The van der Waals surface area contributed by atoms with E-state index in [1.165, 1.54) is 12.1 Å². The van der Waals surface area contributed by atoms with Crippen molar-refractivity contribution in [1.82, 2.24) is 4.90 Å². The molecule has 136 valence electrons. The molecule has 0 aromatic heterocycles. The zero-order valence-electron chi connectivity index (χ0n) is 15.1. The van der Waals surface area contributed by atoms with Gasteiger partial charge in [-0.2, -0.15) is 0 Å². The molecule has 0 unspecified atom stereocenters. The number of hydrogen-bond acceptors (Lipinski definition) is 3. The fraction of sp³-hybridized carbons (Fsp3) is 0.333. The standard InChI is InChI=1S/C21H23FN2O2/c1-15(2)21(25)24(13-16-8-10-18(22)11-9-16)14-19-12-20(23-26-19)17-6-4-3-5-7-17/h3-11,15,19H,12-14H2,1-2H3/t19-/m0/s1. The van der Waals surface area contributed by atoms with Gasteiger partial charge in [-0.15, -0.1) is 0 Å². The second kappa shape index (κ2) is 8.13. The van der Waals surface area contributed by atoms with Crippen LogP contribution in [-0.4, -0.2) is 29.2 Å². The molecule has 5 heteroatoms. The summed E-state index contributed by atoms with van der Waals surface area (Å²) < 4.78 is 13.1. The summed E-state index contributed by atoms with van der Waals surface area (Å²) in [4.78, 5) is 20.0. The van der Waals surface area contributed by atoms with E-state index in [2.05, 4.69) is 5.16 Å². The normalized spacial score (nSPS) is 16.3. The van der Waals surface area contributed by atoms with Gasteiger partial charge in [-0.05, 0) is 23.3 Å². The van der Waals surface area contributed by atoms with E-state index in [1.807, 2.05) is 44.2 Å². The van der Waals surface area contributed by atoms with Gasteiger partial charge in [0.05, 0.1) is 12.3 Å². The predicted octanol–water partition coefficient (Wildman–Crippen LogP) is 4.00. The number of nitrogens with zero attached hydrogens (tertiary/aromatic N) is 2. The van der Waals surface area contributed by atoms with Gasteiger partial charge in [0.2, 0.25) is 5.91 Å². The van der Waals surface area contributed by atoms with E-state index >= 15 is 0 Å². The highest BCUT2D eigenvalue weighted by Crippen LogP contribution is 2.19. The van der Waals surface area contributed by atoms with Crippen molar-refractivity contribution in [2.45, 2.75) is 32.9 Å². The fourth-order valence-corrected chi connectivity index (χ4v) is 2.98. The molecule has 4 nitrogen and oxygen atoms in total. The van der Waals surface area contributed by atoms with Crippen molar-refractivity contribution in [1.29, 1.82) is 0 Å². The molecule has 0 saturated heterocycles. The van der Waals surface area contributed by atoms with Crippen molar-refractivity contribution in [2.24, 2.45) is 11.1 Å². The molecule has 1 atom stereocenters. The average molecular weight is 354 g/mol. The summed E-state index contributed by atoms with van der Waals surface area (Å²) in [7, 11) is 0. The van der Waals surface area contributed by atoms with Gasteiger partial charge in [-0.3, -0.25) is 4.79 Å². The third kappa shape index (κ3) is 4.48. The topological polar surface area (TPSA) is 41.9 Å². The lowest BCUT2D eigenvalue weighted by atomic mass is 10.0. The van der Waals surface area contributed by atoms with E-state index in [0.717, 1.165) is 16.8 Å². The van der Waals surface area contributed by atoms with Crippen LogP contribution in [0, 0.1) is 11.7 Å². The Bertz CT molecular complexity index is 772. The zero-order chi connectivity index (χ0) is 18.5. The Hall–Kier alpha value is -2.69. The second-order valence-electron chi connectivity index (χ2n) is 6.84. The molecule has 0 fully saturated rings. The van der Waals surface area contributed by atoms with Gasteiger partial charge >= 0.3 is 0 Å². The number of carbonyl (C=O) groups excluding carboxylic acids is 1. The first-order chi connectivity index (χ1) is 12.5. The first-order valence-electron chi connectivity index (χ1n) is 8.84. The minimum Gasteiger partial charge on any atom is -0.390 e. The molecule has 1 heterocycles. The van der Waals surface area contributed by atoms with Crippen LogP contribution in [0.2, 0.25) is 0 Å². The van der Waals surface area contributed by atoms with Gasteiger partial charge in [-0.25, -0.2) is 4.39 Å². The molecule has 0 bridgehead atoms. The number of carbonyl (C=O) groups is 1. The first kappa shape index (κ1) is 18.1. The summed E-state index contributed by atoms with van der Waals surface area (Å²) in [6, 6.07) is 16.1. The van der Waals surface area contributed by atoms with Crippen LogP contribution >= 0.6 is 0 Å². The summed E-state index contributed by atoms with van der Waals surface area (Å²) in [5, 5.41) is 4.19. The highest BCUT2D eigenvalue weighted by Gasteiger charge is 2.27. The zero-order valence-corrected chi connectivity index (χ0v) is 15.1. The smallest absolute Gasteiger partial charge is 0.225 e. The maximum atomic E-state index is 13.1. The minimum atomic E-state index is -0.282. The van der Waals surface area contributed by atoms with Crippen molar-refractivity contribution in [3.05, 3.63) is 71.5 Å². The Labute approximate surface area is 153 Å². The maximum Gasteiger partial charge on any atom is 0.225 e. The number of amides is 1. The lowest BCUT2D eigenvalue weighted by molar-refractivity contribution is -0.136. The minimum absolute atomic E-state index is 0.0473. The van der Waals surface area contributed by atoms with Crippen molar-refractivity contribution in [3.63, 3.8) is 0 Å². The molecule has 0 spiro atoms. The Morgan fingerprint density at radius 1 is 1.19 bits per heavy atom. The lowest BCUT2D eigenvalue weighted by Crippen LogP contribution is -2.39. The molecule has 26 heavy (non-hydrogen) atoms. The summed E-state index contributed by atoms with van der Waals surface area (Å²) in [5.41, 5.74) is 2.83. The Morgan fingerprint density at radius 2 is 1.88 bits per heavy atom. The van der Waals surface area contributed by atoms with Gasteiger partial charge in [0, 0.05) is 18.9 Å². The van der Waals surface area contributed by atoms with Crippen LogP contribution in [0.3, 0.4) is 0 Å². The number of halogens is 1. The molecule has 1 aliphatic rings. The number of rotatable bonds is 6. The van der Waals surface area contributed by atoms with Gasteiger partial charge in [0.15, 0.2) is 6.10 Å². The molecule has 0 radical (unpaired) electrons. The monoisotopic (exact) mass is 354 g/mol. The molecular weight excluding hydrogens is 331 g/mol. The quantitative estimate of drug-likeness (QED) is 0.787. The van der Waals surface area contributed by atoms with Crippen LogP contribution < -0.4 is 0 Å². The predicted molar refractivity (Wildman–Crippen MR) is 99.1 cm³/mol. The van der Waals surface area contributed by atoms with Crippen molar-refractivity contribution >= 4 is 11.6 Å². The maximum absolute atomic E-state index is 13.1. The van der Waals surface area contributed by atoms with Crippen LogP contribution in [0.15, 0.2) is 59.8 Å². The molecule has 1 aliphatic heterocycles. The largest absolute Gasteiger partial charge is 0.390 e. The van der Waals surface area contributed by atoms with Gasteiger partial charge in [0.1, 0.15) is 5.82 Å². The van der Waals surface area contributed by atoms with E-state index in [0.29, 0.717) is 19.5 Å². The second-order valence-corrected chi connectivity index (χ2v) is 6.84. The third-order valence-corrected chi connectivity index (χ3v) is 4.36. The van der Waals surface area contributed by atoms with E-state index in [1.54, 1.807) is 17.0 Å². The van der Waals surface area contributed by atoms with Gasteiger partial charge in [-0.1, -0.05) is 61.5 Å². The molecule has 2 aromatic carbocycles. The summed E-state index contributed by atoms with van der Waals surface area (Å²) in [5.74, 6) is -0.354. The molecule has 1 amide bonds. The molecule has 0 saturated carbocycles. The van der Waals surface area contributed by atoms with Crippen LogP contribution in [0.4, 0.5) is 4.39 Å². The SMILES string of the molecule is CC(C)C(=O)N(Cc1ccc(F)cc1)C[C@@H]1CC(c2ccccc2)=NO1. The van der Waals surface area contributed by atoms with Crippen molar-refractivity contribution in [3.8, 4) is 0 Å². The highest BCUT2D eigenvalue weighted by molar-refractivity contribution is 6.01. The van der Waals surface area contributed by atoms with E-state index in [9.17, 15) is 9.18 Å². The van der Waals surface area contributed by atoms with Crippen LogP contribution in [-0.2, 0) is 16.2 Å². The molecule has 3 rings (SSSR count). The summed E-state index contributed by atoms with van der Waals surface area (Å²) >= 11 is 0.